The monoisotopic (exact) mass is 249 g/mol. The SMILES string of the molecule is N#CCSCC(=O)OCCCc1ccccc1. The van der Waals surface area contributed by atoms with Crippen molar-refractivity contribution in [3.63, 3.8) is 0 Å². The molecule has 0 spiro atoms. The van der Waals surface area contributed by atoms with E-state index in [-0.39, 0.29) is 11.7 Å². The van der Waals surface area contributed by atoms with Crippen LogP contribution in [-0.4, -0.2) is 24.1 Å². The fraction of sp³-hybridized carbons (Fsp3) is 0.385. The van der Waals surface area contributed by atoms with E-state index in [1.807, 2.05) is 24.3 Å². The summed E-state index contributed by atoms with van der Waals surface area (Å²) < 4.78 is 5.04. The van der Waals surface area contributed by atoms with E-state index in [2.05, 4.69) is 12.1 Å². The van der Waals surface area contributed by atoms with Crippen LogP contribution in [0.5, 0.6) is 0 Å². The molecule has 0 heterocycles. The third-order valence-corrected chi connectivity index (χ3v) is 2.88. The van der Waals surface area contributed by atoms with Gasteiger partial charge in [-0.25, -0.2) is 0 Å². The van der Waals surface area contributed by atoms with Crippen molar-refractivity contribution in [3.8, 4) is 6.07 Å². The highest BCUT2D eigenvalue weighted by Crippen LogP contribution is 2.03. The number of hydrogen-bond donors (Lipinski definition) is 0. The van der Waals surface area contributed by atoms with Gasteiger partial charge in [-0.3, -0.25) is 4.79 Å². The largest absolute Gasteiger partial charge is 0.465 e. The maximum Gasteiger partial charge on any atom is 0.315 e. The fourth-order valence-electron chi connectivity index (χ4n) is 1.33. The minimum absolute atomic E-state index is 0.238. The second-order valence-corrected chi connectivity index (χ2v) is 4.45. The Morgan fingerprint density at radius 1 is 1.35 bits per heavy atom. The molecule has 3 nitrogen and oxygen atoms in total. The zero-order valence-corrected chi connectivity index (χ0v) is 10.4. The smallest absolute Gasteiger partial charge is 0.315 e. The van der Waals surface area contributed by atoms with E-state index in [1.54, 1.807) is 0 Å². The van der Waals surface area contributed by atoms with Crippen molar-refractivity contribution >= 4 is 17.7 Å². The van der Waals surface area contributed by atoms with Crippen LogP contribution in [0.2, 0.25) is 0 Å². The summed E-state index contributed by atoms with van der Waals surface area (Å²) in [7, 11) is 0. The Kier molecular flexibility index (Phi) is 6.92. The number of aryl methyl sites for hydroxylation is 1. The van der Waals surface area contributed by atoms with Crippen LogP contribution < -0.4 is 0 Å². The van der Waals surface area contributed by atoms with Crippen molar-refractivity contribution in [3.05, 3.63) is 35.9 Å². The lowest BCUT2D eigenvalue weighted by molar-refractivity contribution is -0.140. The Bertz CT molecular complexity index is 373. The van der Waals surface area contributed by atoms with Gasteiger partial charge < -0.3 is 4.74 Å². The third-order valence-electron chi connectivity index (χ3n) is 2.10. The number of carbonyl (C=O) groups excluding carboxylic acids is 1. The summed E-state index contributed by atoms with van der Waals surface area (Å²) in [6.07, 6.45) is 1.75. The van der Waals surface area contributed by atoms with Crippen molar-refractivity contribution in [2.45, 2.75) is 12.8 Å². The Morgan fingerprint density at radius 3 is 2.82 bits per heavy atom. The number of thioether (sulfide) groups is 1. The van der Waals surface area contributed by atoms with Gasteiger partial charge in [0, 0.05) is 0 Å². The minimum Gasteiger partial charge on any atom is -0.465 e. The molecule has 0 radical (unpaired) electrons. The van der Waals surface area contributed by atoms with Gasteiger partial charge in [0.15, 0.2) is 0 Å². The first-order chi connectivity index (χ1) is 8.33. The molecule has 1 rings (SSSR count). The summed E-state index contributed by atoms with van der Waals surface area (Å²) in [6.45, 7) is 0.445. The predicted octanol–water partition coefficient (Wildman–Crippen LogP) is 2.42. The summed E-state index contributed by atoms with van der Waals surface area (Å²) in [6, 6.07) is 12.1. The lowest BCUT2D eigenvalue weighted by Gasteiger charge is -2.04. The van der Waals surface area contributed by atoms with E-state index in [1.165, 1.54) is 17.3 Å². The van der Waals surface area contributed by atoms with E-state index in [4.69, 9.17) is 10.00 Å². The van der Waals surface area contributed by atoms with Gasteiger partial charge in [0.2, 0.25) is 0 Å². The van der Waals surface area contributed by atoms with E-state index in [0.29, 0.717) is 12.4 Å². The average molecular weight is 249 g/mol. The van der Waals surface area contributed by atoms with E-state index in [9.17, 15) is 4.79 Å². The average Bonchev–Trinajstić information content (AvgIpc) is 2.36. The van der Waals surface area contributed by atoms with Crippen LogP contribution in [0.25, 0.3) is 0 Å². The number of rotatable bonds is 7. The highest BCUT2D eigenvalue weighted by Gasteiger charge is 2.02. The minimum atomic E-state index is -0.238. The number of hydrogen-bond acceptors (Lipinski definition) is 4. The van der Waals surface area contributed by atoms with Gasteiger partial charge in [-0.2, -0.15) is 5.26 Å². The van der Waals surface area contributed by atoms with Gasteiger partial charge in [0.05, 0.1) is 24.2 Å². The Labute approximate surface area is 106 Å². The van der Waals surface area contributed by atoms with Crippen LogP contribution in [0.3, 0.4) is 0 Å². The van der Waals surface area contributed by atoms with Gasteiger partial charge in [0.1, 0.15) is 0 Å². The summed E-state index contributed by atoms with van der Waals surface area (Å²) in [5.74, 6) is 0.358. The zero-order chi connectivity index (χ0) is 12.3. The molecule has 0 aliphatic carbocycles. The normalized spacial score (nSPS) is 9.59. The molecule has 0 fully saturated rings. The molecule has 0 amide bonds. The molecule has 0 bridgehead atoms. The molecule has 17 heavy (non-hydrogen) atoms. The van der Waals surface area contributed by atoms with Gasteiger partial charge in [0.25, 0.3) is 0 Å². The van der Waals surface area contributed by atoms with Gasteiger partial charge in [-0.15, -0.1) is 11.8 Å². The second kappa shape index (κ2) is 8.66. The first-order valence-corrected chi connectivity index (χ1v) is 6.62. The summed E-state index contributed by atoms with van der Waals surface area (Å²) in [4.78, 5) is 11.2. The first kappa shape index (κ1) is 13.6. The van der Waals surface area contributed by atoms with E-state index >= 15 is 0 Å². The molecule has 1 aromatic carbocycles. The summed E-state index contributed by atoms with van der Waals surface area (Å²) in [5, 5.41) is 8.30. The number of carbonyl (C=O) groups is 1. The molecule has 0 aliphatic heterocycles. The topological polar surface area (TPSA) is 50.1 Å². The maximum atomic E-state index is 11.2. The second-order valence-electron chi connectivity index (χ2n) is 3.46. The molecule has 0 atom stereocenters. The highest BCUT2D eigenvalue weighted by atomic mass is 32.2. The molecule has 0 saturated heterocycles. The predicted molar refractivity (Wildman–Crippen MR) is 68.7 cm³/mol. The van der Waals surface area contributed by atoms with Crippen molar-refractivity contribution in [2.24, 2.45) is 0 Å². The number of esters is 1. The molecule has 0 saturated carbocycles. The van der Waals surface area contributed by atoms with Crippen LogP contribution in [0.1, 0.15) is 12.0 Å². The van der Waals surface area contributed by atoms with Crippen LogP contribution in [-0.2, 0) is 16.0 Å². The number of ether oxygens (including phenoxy) is 1. The zero-order valence-electron chi connectivity index (χ0n) is 9.59. The molecule has 4 heteroatoms. The molecule has 0 N–H and O–H groups in total. The Balaban J connectivity index is 2.04. The standard InChI is InChI=1S/C13H15NO2S/c14-8-10-17-11-13(15)16-9-4-7-12-5-2-1-3-6-12/h1-3,5-6H,4,7,9-11H2. The fourth-order valence-corrected chi connectivity index (χ4v) is 1.77. The molecule has 0 unspecified atom stereocenters. The summed E-state index contributed by atoms with van der Waals surface area (Å²) in [5.41, 5.74) is 1.25. The molecular formula is C13H15NO2S. The van der Waals surface area contributed by atoms with Gasteiger partial charge >= 0.3 is 5.97 Å². The Hall–Kier alpha value is -1.47. The molecule has 0 aliphatic rings. The number of nitriles is 1. The third kappa shape index (κ3) is 6.64. The van der Waals surface area contributed by atoms with Crippen molar-refractivity contribution < 1.29 is 9.53 Å². The van der Waals surface area contributed by atoms with Crippen LogP contribution in [0.15, 0.2) is 30.3 Å². The van der Waals surface area contributed by atoms with Crippen LogP contribution in [0, 0.1) is 11.3 Å². The number of benzene rings is 1. The van der Waals surface area contributed by atoms with Crippen LogP contribution in [0.4, 0.5) is 0 Å². The van der Waals surface area contributed by atoms with Crippen molar-refractivity contribution in [1.29, 1.82) is 5.26 Å². The maximum absolute atomic E-state index is 11.2. The van der Waals surface area contributed by atoms with E-state index in [0.717, 1.165) is 12.8 Å². The molecule has 1 aromatic rings. The van der Waals surface area contributed by atoms with Crippen LogP contribution >= 0.6 is 11.8 Å². The van der Waals surface area contributed by atoms with Gasteiger partial charge in [-0.05, 0) is 18.4 Å². The first-order valence-electron chi connectivity index (χ1n) is 5.47. The molecular weight excluding hydrogens is 234 g/mol. The highest BCUT2D eigenvalue weighted by molar-refractivity contribution is 8.00. The summed E-state index contributed by atoms with van der Waals surface area (Å²) >= 11 is 1.28. The lowest BCUT2D eigenvalue weighted by Crippen LogP contribution is -2.09. The number of nitrogens with zero attached hydrogens (tertiary/aromatic N) is 1. The molecule has 0 aromatic heterocycles. The molecule has 90 valence electrons. The van der Waals surface area contributed by atoms with Gasteiger partial charge in [-0.1, -0.05) is 30.3 Å². The van der Waals surface area contributed by atoms with E-state index < -0.39 is 0 Å². The van der Waals surface area contributed by atoms with Crippen molar-refractivity contribution in [2.75, 3.05) is 18.1 Å². The lowest BCUT2D eigenvalue weighted by atomic mass is 10.1. The Morgan fingerprint density at radius 2 is 2.12 bits per heavy atom. The quantitative estimate of drug-likeness (QED) is 0.550. The van der Waals surface area contributed by atoms with Crippen molar-refractivity contribution in [1.82, 2.24) is 0 Å².